The van der Waals surface area contributed by atoms with E-state index in [1.165, 1.54) is 20.3 Å². The Morgan fingerprint density at radius 1 is 0.824 bits per heavy atom. The van der Waals surface area contributed by atoms with Crippen molar-refractivity contribution < 1.29 is 23.8 Å². The van der Waals surface area contributed by atoms with Gasteiger partial charge in [-0.1, -0.05) is 17.7 Å². The fourth-order valence-electron chi connectivity index (χ4n) is 4.47. The van der Waals surface area contributed by atoms with E-state index in [1.54, 1.807) is 25.3 Å². The highest BCUT2D eigenvalue weighted by Gasteiger charge is 2.23. The first-order chi connectivity index (χ1) is 16.5. The molecule has 2 amide bonds. The zero-order chi connectivity index (χ0) is 24.5. The molecule has 1 aromatic carbocycles. The topological polar surface area (TPSA) is 68.3 Å². The van der Waals surface area contributed by atoms with Crippen LogP contribution in [0.2, 0.25) is 0 Å². The van der Waals surface area contributed by atoms with E-state index >= 15 is 0 Å². The summed E-state index contributed by atoms with van der Waals surface area (Å²) in [5, 5.41) is 0.339. The Kier molecular flexibility index (Phi) is 9.69. The molecular weight excluding hydrogens is 456 g/mol. The van der Waals surface area contributed by atoms with E-state index in [-0.39, 0.29) is 18.2 Å². The average molecular weight is 491 g/mol. The first-order valence-electron chi connectivity index (χ1n) is 11.9. The minimum atomic E-state index is -0.0636. The van der Waals surface area contributed by atoms with E-state index in [9.17, 15) is 9.59 Å². The van der Waals surface area contributed by atoms with Crippen LogP contribution in [0.5, 0.6) is 17.2 Å². The van der Waals surface area contributed by atoms with Crippen molar-refractivity contribution in [2.45, 2.75) is 44.9 Å². The van der Waals surface area contributed by atoms with Gasteiger partial charge in [-0.25, -0.2) is 0 Å². The molecule has 0 atom stereocenters. The monoisotopic (exact) mass is 490 g/mol. The minimum Gasteiger partial charge on any atom is -0.493 e. The van der Waals surface area contributed by atoms with Crippen LogP contribution in [-0.2, 0) is 9.59 Å². The van der Waals surface area contributed by atoms with Gasteiger partial charge >= 0.3 is 0 Å². The lowest BCUT2D eigenvalue weighted by Crippen LogP contribution is -2.35. The van der Waals surface area contributed by atoms with Gasteiger partial charge in [0, 0.05) is 37.8 Å². The maximum Gasteiger partial charge on any atom is 0.246 e. The zero-order valence-electron chi connectivity index (χ0n) is 20.4. The number of halogens is 1. The third kappa shape index (κ3) is 6.26. The molecule has 2 heterocycles. The number of ether oxygens (including phenoxy) is 3. The normalized spacial score (nSPS) is 17.4. The van der Waals surface area contributed by atoms with Gasteiger partial charge in [-0.2, -0.15) is 0 Å². The Morgan fingerprint density at radius 2 is 1.41 bits per heavy atom. The fourth-order valence-corrected chi connectivity index (χ4v) is 4.75. The Morgan fingerprint density at radius 3 is 1.97 bits per heavy atom. The van der Waals surface area contributed by atoms with Crippen LogP contribution in [0.3, 0.4) is 0 Å². The van der Waals surface area contributed by atoms with Crippen LogP contribution in [0, 0.1) is 0 Å². The maximum atomic E-state index is 13.1. The van der Waals surface area contributed by atoms with Crippen molar-refractivity contribution in [3.63, 3.8) is 0 Å². The molecule has 0 aromatic heterocycles. The molecule has 2 saturated heterocycles. The molecule has 34 heavy (non-hydrogen) atoms. The summed E-state index contributed by atoms with van der Waals surface area (Å²) >= 11 is 6.89. The highest BCUT2D eigenvalue weighted by Crippen LogP contribution is 2.44. The predicted octanol–water partition coefficient (Wildman–Crippen LogP) is 4.63. The van der Waals surface area contributed by atoms with Crippen molar-refractivity contribution in [2.24, 2.45) is 0 Å². The number of carbonyl (C=O) groups is 2. The Bertz CT molecular complexity index is 931. The van der Waals surface area contributed by atoms with Crippen LogP contribution >= 0.6 is 11.6 Å². The standard InChI is InChI=1S/C26H35ClN2O5/c1-32-21-12-11-20(25(33-2)26(21)34-3)24(27)19(18-23(31)29-16-8-5-9-17-29)10-13-22(30)28-14-6-4-7-15-28/h10-13H,4-9,14-18H2,1-3H3/b13-10+,24-19-. The summed E-state index contributed by atoms with van der Waals surface area (Å²) in [6.07, 6.45) is 9.63. The van der Waals surface area contributed by atoms with Crippen LogP contribution in [0.25, 0.3) is 5.03 Å². The molecular formula is C26H35ClN2O5. The van der Waals surface area contributed by atoms with Crippen LogP contribution < -0.4 is 14.2 Å². The van der Waals surface area contributed by atoms with Crippen molar-refractivity contribution in [3.05, 3.63) is 35.4 Å². The first kappa shape index (κ1) is 25.9. The number of carbonyl (C=O) groups excluding carboxylic acids is 2. The lowest BCUT2D eigenvalue weighted by atomic mass is 10.0. The van der Waals surface area contributed by atoms with Crippen LogP contribution in [0.15, 0.2) is 29.9 Å². The Hall–Kier alpha value is -2.67. The lowest BCUT2D eigenvalue weighted by molar-refractivity contribution is -0.131. The largest absolute Gasteiger partial charge is 0.493 e. The summed E-state index contributed by atoms with van der Waals surface area (Å²) in [7, 11) is 4.60. The molecule has 0 radical (unpaired) electrons. The Labute approximate surface area is 207 Å². The number of hydrogen-bond acceptors (Lipinski definition) is 5. The highest BCUT2D eigenvalue weighted by atomic mass is 35.5. The average Bonchev–Trinajstić information content (AvgIpc) is 2.90. The van der Waals surface area contributed by atoms with Crippen LogP contribution in [0.4, 0.5) is 0 Å². The number of likely N-dealkylation sites (tertiary alicyclic amines) is 2. The molecule has 0 spiro atoms. The molecule has 8 heteroatoms. The van der Waals surface area contributed by atoms with Gasteiger partial charge in [-0.15, -0.1) is 0 Å². The second-order valence-electron chi connectivity index (χ2n) is 8.56. The second kappa shape index (κ2) is 12.7. The molecule has 2 aliphatic heterocycles. The number of rotatable bonds is 8. The molecule has 186 valence electrons. The maximum absolute atomic E-state index is 13.1. The highest BCUT2D eigenvalue weighted by molar-refractivity contribution is 6.50. The number of piperidine rings is 2. The first-order valence-corrected chi connectivity index (χ1v) is 12.3. The third-order valence-corrected chi connectivity index (χ3v) is 6.81. The van der Waals surface area contributed by atoms with E-state index in [0.717, 1.165) is 64.7 Å². The second-order valence-corrected chi connectivity index (χ2v) is 8.94. The van der Waals surface area contributed by atoms with Crippen molar-refractivity contribution in [2.75, 3.05) is 47.5 Å². The van der Waals surface area contributed by atoms with E-state index in [2.05, 4.69) is 0 Å². The van der Waals surface area contributed by atoms with Gasteiger partial charge < -0.3 is 24.0 Å². The molecule has 3 rings (SSSR count). The van der Waals surface area contributed by atoms with Crippen LogP contribution in [-0.4, -0.2) is 69.1 Å². The minimum absolute atomic E-state index is 0.00219. The SMILES string of the molecule is COc1ccc(/C(Cl)=C(\C=C\C(=O)N2CCCCC2)CC(=O)N2CCCCC2)c(OC)c1OC. The molecule has 0 bridgehead atoms. The summed E-state index contributed by atoms with van der Waals surface area (Å²) in [6.45, 7) is 3.01. The molecule has 7 nitrogen and oxygen atoms in total. The van der Waals surface area contributed by atoms with Crippen molar-refractivity contribution >= 4 is 28.4 Å². The Balaban J connectivity index is 1.97. The number of benzene rings is 1. The molecule has 2 fully saturated rings. The molecule has 0 aliphatic carbocycles. The number of amides is 2. The summed E-state index contributed by atoms with van der Waals surface area (Å²) < 4.78 is 16.5. The molecule has 1 aromatic rings. The molecule has 0 saturated carbocycles. The van der Waals surface area contributed by atoms with E-state index < -0.39 is 0 Å². The number of allylic oxidation sites excluding steroid dienone is 1. The predicted molar refractivity (Wildman–Crippen MR) is 133 cm³/mol. The third-order valence-electron chi connectivity index (χ3n) is 6.37. The number of nitrogens with zero attached hydrogens (tertiary/aromatic N) is 2. The van der Waals surface area contributed by atoms with Gasteiger partial charge in [0.25, 0.3) is 0 Å². The van der Waals surface area contributed by atoms with Crippen molar-refractivity contribution in [1.29, 1.82) is 0 Å². The zero-order valence-corrected chi connectivity index (χ0v) is 21.2. The summed E-state index contributed by atoms with van der Waals surface area (Å²) in [5.41, 5.74) is 1.13. The van der Waals surface area contributed by atoms with Gasteiger partial charge in [0.2, 0.25) is 17.6 Å². The van der Waals surface area contributed by atoms with Crippen molar-refractivity contribution in [1.82, 2.24) is 9.80 Å². The fraction of sp³-hybridized carbons (Fsp3) is 0.538. The van der Waals surface area contributed by atoms with E-state index in [1.807, 2.05) is 9.80 Å². The molecule has 0 N–H and O–H groups in total. The van der Waals surface area contributed by atoms with Gasteiger partial charge in [-0.3, -0.25) is 9.59 Å². The van der Waals surface area contributed by atoms with Crippen LogP contribution in [0.1, 0.15) is 50.5 Å². The van der Waals surface area contributed by atoms with E-state index in [4.69, 9.17) is 25.8 Å². The number of methoxy groups -OCH3 is 3. The number of hydrogen-bond donors (Lipinski definition) is 0. The summed E-state index contributed by atoms with van der Waals surface area (Å²) in [4.78, 5) is 29.6. The molecule has 2 aliphatic rings. The molecule has 0 unspecified atom stereocenters. The smallest absolute Gasteiger partial charge is 0.246 e. The quantitative estimate of drug-likeness (QED) is 0.392. The summed E-state index contributed by atoms with van der Waals surface area (Å²) in [5.74, 6) is 1.27. The van der Waals surface area contributed by atoms with E-state index in [0.29, 0.717) is 33.4 Å². The van der Waals surface area contributed by atoms with Gasteiger partial charge in [0.1, 0.15) is 0 Å². The summed E-state index contributed by atoms with van der Waals surface area (Å²) in [6, 6.07) is 3.51. The van der Waals surface area contributed by atoms with Crippen molar-refractivity contribution in [3.8, 4) is 17.2 Å². The van der Waals surface area contributed by atoms with Gasteiger partial charge in [0.15, 0.2) is 11.5 Å². The lowest BCUT2D eigenvalue weighted by Gasteiger charge is -2.27. The van der Waals surface area contributed by atoms with Gasteiger partial charge in [0.05, 0.1) is 32.8 Å². The van der Waals surface area contributed by atoms with Gasteiger partial charge in [-0.05, 0) is 56.2 Å².